The van der Waals surface area contributed by atoms with Crippen LogP contribution in [0.3, 0.4) is 0 Å². The van der Waals surface area contributed by atoms with E-state index in [4.69, 9.17) is 4.74 Å². The van der Waals surface area contributed by atoms with E-state index in [1.165, 1.54) is 13.2 Å². The summed E-state index contributed by atoms with van der Waals surface area (Å²) in [6.45, 7) is 2.98. The smallest absolute Gasteiger partial charge is 0.135 e. The first-order valence-electron chi connectivity index (χ1n) is 5.35. The fourth-order valence-corrected chi connectivity index (χ4v) is 2.74. The largest absolute Gasteiger partial charge is 0.495 e. The Morgan fingerprint density at radius 2 is 2.25 bits per heavy atom. The van der Waals surface area contributed by atoms with E-state index >= 15 is 0 Å². The lowest BCUT2D eigenvalue weighted by molar-refractivity contribution is 0.392. The van der Waals surface area contributed by atoms with Crippen molar-refractivity contribution < 1.29 is 9.13 Å². The van der Waals surface area contributed by atoms with E-state index in [1.807, 2.05) is 13.0 Å². The molecule has 1 unspecified atom stereocenters. The summed E-state index contributed by atoms with van der Waals surface area (Å²) < 4.78 is 19.8. The SMILES string of the molecule is COc1cc(F)c(C2(C)CCCN2)cc1Br. The molecule has 1 atom stereocenters. The summed E-state index contributed by atoms with van der Waals surface area (Å²) in [5, 5.41) is 3.35. The van der Waals surface area contributed by atoms with Gasteiger partial charge in [0.1, 0.15) is 11.6 Å². The van der Waals surface area contributed by atoms with Gasteiger partial charge in [-0.3, -0.25) is 0 Å². The van der Waals surface area contributed by atoms with Gasteiger partial charge in [-0.05, 0) is 48.3 Å². The van der Waals surface area contributed by atoms with Gasteiger partial charge in [-0.2, -0.15) is 0 Å². The molecule has 1 saturated heterocycles. The van der Waals surface area contributed by atoms with Crippen molar-refractivity contribution in [2.45, 2.75) is 25.3 Å². The average molecular weight is 288 g/mol. The van der Waals surface area contributed by atoms with Crippen molar-refractivity contribution in [3.63, 3.8) is 0 Å². The minimum absolute atomic E-state index is 0.211. The van der Waals surface area contributed by atoms with Crippen molar-refractivity contribution in [2.24, 2.45) is 0 Å². The molecule has 1 aromatic carbocycles. The Bertz CT molecular complexity index is 402. The number of rotatable bonds is 2. The van der Waals surface area contributed by atoms with Crippen LogP contribution in [-0.2, 0) is 5.54 Å². The number of ether oxygens (including phenoxy) is 1. The molecule has 0 aromatic heterocycles. The van der Waals surface area contributed by atoms with E-state index in [0.29, 0.717) is 11.3 Å². The Kier molecular flexibility index (Phi) is 3.22. The molecular weight excluding hydrogens is 273 g/mol. The lowest BCUT2D eigenvalue weighted by Crippen LogP contribution is -2.34. The van der Waals surface area contributed by atoms with E-state index in [9.17, 15) is 4.39 Å². The first kappa shape index (κ1) is 11.9. The van der Waals surface area contributed by atoms with E-state index in [-0.39, 0.29) is 11.4 Å². The number of methoxy groups -OCH3 is 1. The van der Waals surface area contributed by atoms with E-state index < -0.39 is 0 Å². The third-order valence-corrected chi connectivity index (χ3v) is 3.82. The minimum Gasteiger partial charge on any atom is -0.495 e. The van der Waals surface area contributed by atoms with Crippen LogP contribution in [0.5, 0.6) is 5.75 Å². The zero-order chi connectivity index (χ0) is 11.8. The van der Waals surface area contributed by atoms with Crippen molar-refractivity contribution in [3.05, 3.63) is 28.0 Å². The van der Waals surface area contributed by atoms with Gasteiger partial charge in [0.25, 0.3) is 0 Å². The van der Waals surface area contributed by atoms with Crippen LogP contribution in [-0.4, -0.2) is 13.7 Å². The molecule has 1 aromatic rings. The summed E-state index contributed by atoms with van der Waals surface area (Å²) >= 11 is 3.39. The number of hydrogen-bond acceptors (Lipinski definition) is 2. The molecule has 88 valence electrons. The van der Waals surface area contributed by atoms with E-state index in [0.717, 1.165) is 23.9 Å². The molecule has 16 heavy (non-hydrogen) atoms. The summed E-state index contributed by atoms with van der Waals surface area (Å²) in [6.07, 6.45) is 2.04. The van der Waals surface area contributed by atoms with Crippen LogP contribution in [0.2, 0.25) is 0 Å². The van der Waals surface area contributed by atoms with Gasteiger partial charge in [0.15, 0.2) is 0 Å². The average Bonchev–Trinajstić information content (AvgIpc) is 2.69. The molecule has 4 heteroatoms. The van der Waals surface area contributed by atoms with Gasteiger partial charge in [0.2, 0.25) is 0 Å². The van der Waals surface area contributed by atoms with Gasteiger partial charge < -0.3 is 10.1 Å². The highest BCUT2D eigenvalue weighted by molar-refractivity contribution is 9.10. The standard InChI is InChI=1S/C12H15BrFNO/c1-12(4-3-5-15-12)8-6-9(13)11(16-2)7-10(8)14/h6-7,15H,3-5H2,1-2H3. The summed E-state index contributed by atoms with van der Waals surface area (Å²) in [7, 11) is 1.54. The second-order valence-electron chi connectivity index (χ2n) is 4.33. The topological polar surface area (TPSA) is 21.3 Å². The van der Waals surface area contributed by atoms with Crippen LogP contribution >= 0.6 is 15.9 Å². The molecule has 0 amide bonds. The second-order valence-corrected chi connectivity index (χ2v) is 5.18. The Labute approximate surface area is 103 Å². The molecule has 0 spiro atoms. The first-order valence-corrected chi connectivity index (χ1v) is 6.15. The highest BCUT2D eigenvalue weighted by atomic mass is 79.9. The van der Waals surface area contributed by atoms with Crippen molar-refractivity contribution in [1.82, 2.24) is 5.32 Å². The van der Waals surface area contributed by atoms with Gasteiger partial charge >= 0.3 is 0 Å². The fraction of sp³-hybridized carbons (Fsp3) is 0.500. The molecule has 1 aliphatic rings. The number of benzene rings is 1. The van der Waals surface area contributed by atoms with Gasteiger partial charge in [-0.25, -0.2) is 4.39 Å². The van der Waals surface area contributed by atoms with E-state index in [1.54, 1.807) is 0 Å². The summed E-state index contributed by atoms with van der Waals surface area (Å²) in [5.74, 6) is 0.319. The molecule has 1 heterocycles. The predicted molar refractivity (Wildman–Crippen MR) is 65.2 cm³/mol. The molecule has 1 aliphatic heterocycles. The molecule has 0 aliphatic carbocycles. The van der Waals surface area contributed by atoms with Crippen molar-refractivity contribution in [3.8, 4) is 5.75 Å². The molecule has 2 rings (SSSR count). The fourth-order valence-electron chi connectivity index (χ4n) is 2.23. The second kappa shape index (κ2) is 4.34. The molecule has 1 N–H and O–H groups in total. The van der Waals surface area contributed by atoms with Crippen LogP contribution in [0.15, 0.2) is 16.6 Å². The maximum Gasteiger partial charge on any atom is 0.135 e. The lowest BCUT2D eigenvalue weighted by Gasteiger charge is -2.26. The molecule has 0 radical (unpaired) electrons. The Morgan fingerprint density at radius 1 is 1.50 bits per heavy atom. The number of halogens is 2. The predicted octanol–water partition coefficient (Wildman–Crippen LogP) is 3.20. The van der Waals surface area contributed by atoms with Gasteiger partial charge in [0, 0.05) is 17.2 Å². The highest BCUT2D eigenvalue weighted by Crippen LogP contribution is 2.37. The first-order chi connectivity index (χ1) is 7.57. The van der Waals surface area contributed by atoms with Crippen LogP contribution in [0.4, 0.5) is 4.39 Å². The van der Waals surface area contributed by atoms with Crippen molar-refractivity contribution >= 4 is 15.9 Å². The lowest BCUT2D eigenvalue weighted by atomic mass is 9.90. The third-order valence-electron chi connectivity index (χ3n) is 3.20. The van der Waals surface area contributed by atoms with Crippen molar-refractivity contribution in [2.75, 3.05) is 13.7 Å². The quantitative estimate of drug-likeness (QED) is 0.902. The maximum absolute atomic E-state index is 14.0. The molecular formula is C12H15BrFNO. The molecule has 0 bridgehead atoms. The zero-order valence-corrected chi connectivity index (χ0v) is 11.0. The van der Waals surface area contributed by atoms with Gasteiger partial charge in [-0.1, -0.05) is 0 Å². The van der Waals surface area contributed by atoms with Crippen LogP contribution in [0.1, 0.15) is 25.3 Å². The molecule has 1 fully saturated rings. The molecule has 0 saturated carbocycles. The zero-order valence-electron chi connectivity index (χ0n) is 9.44. The Balaban J connectivity index is 2.45. The number of hydrogen-bond donors (Lipinski definition) is 1. The maximum atomic E-state index is 14.0. The van der Waals surface area contributed by atoms with Crippen LogP contribution in [0, 0.1) is 5.82 Å². The highest BCUT2D eigenvalue weighted by Gasteiger charge is 2.33. The van der Waals surface area contributed by atoms with Crippen LogP contribution < -0.4 is 10.1 Å². The van der Waals surface area contributed by atoms with Crippen LogP contribution in [0.25, 0.3) is 0 Å². The van der Waals surface area contributed by atoms with Gasteiger partial charge in [-0.15, -0.1) is 0 Å². The van der Waals surface area contributed by atoms with Gasteiger partial charge in [0.05, 0.1) is 11.6 Å². The summed E-state index contributed by atoms with van der Waals surface area (Å²) in [5.41, 5.74) is 0.455. The summed E-state index contributed by atoms with van der Waals surface area (Å²) in [4.78, 5) is 0. The summed E-state index contributed by atoms with van der Waals surface area (Å²) in [6, 6.07) is 3.25. The van der Waals surface area contributed by atoms with E-state index in [2.05, 4.69) is 21.2 Å². The minimum atomic E-state index is -0.251. The monoisotopic (exact) mass is 287 g/mol. The third kappa shape index (κ3) is 1.96. The Morgan fingerprint density at radius 3 is 2.81 bits per heavy atom. The number of nitrogens with one attached hydrogen (secondary N) is 1. The Hall–Kier alpha value is -0.610. The normalized spacial score (nSPS) is 24.8. The molecule has 2 nitrogen and oxygen atoms in total. The van der Waals surface area contributed by atoms with Crippen molar-refractivity contribution in [1.29, 1.82) is 0 Å².